The Labute approximate surface area is 184 Å². The van der Waals surface area contributed by atoms with Crippen LogP contribution in [0.4, 0.5) is 18.9 Å². The van der Waals surface area contributed by atoms with Crippen LogP contribution in [0.15, 0.2) is 36.5 Å². The number of aromatic amines is 1. The summed E-state index contributed by atoms with van der Waals surface area (Å²) in [6.07, 6.45) is -2.47. The number of anilines is 1. The van der Waals surface area contributed by atoms with Gasteiger partial charge >= 0.3 is 6.18 Å². The van der Waals surface area contributed by atoms with Crippen LogP contribution < -0.4 is 4.90 Å². The van der Waals surface area contributed by atoms with Crippen LogP contribution in [0.2, 0.25) is 0 Å². The molecule has 7 nitrogen and oxygen atoms in total. The Bertz CT molecular complexity index is 1010. The molecule has 4 rings (SSSR count). The molecule has 32 heavy (non-hydrogen) atoms. The molecule has 0 atom stereocenters. The lowest BCUT2D eigenvalue weighted by molar-refractivity contribution is -0.137. The summed E-state index contributed by atoms with van der Waals surface area (Å²) in [5.41, 5.74) is 3.19. The summed E-state index contributed by atoms with van der Waals surface area (Å²) in [7, 11) is 0. The molecule has 170 valence electrons. The molecule has 0 aliphatic carbocycles. The van der Waals surface area contributed by atoms with Crippen molar-refractivity contribution in [1.82, 2.24) is 30.5 Å². The van der Waals surface area contributed by atoms with E-state index in [0.29, 0.717) is 24.0 Å². The predicted molar refractivity (Wildman–Crippen MR) is 115 cm³/mol. The lowest BCUT2D eigenvalue weighted by Gasteiger charge is -2.37. The number of halogens is 3. The first-order chi connectivity index (χ1) is 15.3. The molecule has 1 aliphatic rings. The Morgan fingerprint density at radius 1 is 1.06 bits per heavy atom. The van der Waals surface area contributed by atoms with Crippen molar-refractivity contribution >= 4 is 5.69 Å². The van der Waals surface area contributed by atoms with Gasteiger partial charge in [-0.15, -0.1) is 10.2 Å². The second-order valence-electron chi connectivity index (χ2n) is 8.48. The third kappa shape index (κ3) is 5.24. The van der Waals surface area contributed by atoms with Gasteiger partial charge in [0.05, 0.1) is 11.3 Å². The molecule has 0 bridgehead atoms. The van der Waals surface area contributed by atoms with E-state index in [9.17, 15) is 13.2 Å². The van der Waals surface area contributed by atoms with Crippen LogP contribution in [0, 0.1) is 5.92 Å². The lowest BCUT2D eigenvalue weighted by atomic mass is 9.99. The number of hydrogen-bond acceptors (Lipinski definition) is 6. The summed E-state index contributed by atoms with van der Waals surface area (Å²) in [4.78, 5) is 8.52. The quantitative estimate of drug-likeness (QED) is 0.622. The second kappa shape index (κ2) is 9.23. The van der Waals surface area contributed by atoms with Crippen molar-refractivity contribution in [2.24, 2.45) is 5.92 Å². The molecule has 10 heteroatoms. The van der Waals surface area contributed by atoms with Crippen molar-refractivity contribution < 1.29 is 13.2 Å². The van der Waals surface area contributed by atoms with E-state index in [1.165, 1.54) is 11.6 Å². The van der Waals surface area contributed by atoms with Gasteiger partial charge in [-0.2, -0.15) is 18.4 Å². The Kier molecular flexibility index (Phi) is 6.40. The third-order valence-electron chi connectivity index (χ3n) is 5.54. The van der Waals surface area contributed by atoms with Crippen molar-refractivity contribution in [3.05, 3.63) is 53.3 Å². The highest BCUT2D eigenvalue weighted by Crippen LogP contribution is 2.31. The van der Waals surface area contributed by atoms with Gasteiger partial charge in [0.1, 0.15) is 0 Å². The van der Waals surface area contributed by atoms with Crippen molar-refractivity contribution in [2.45, 2.75) is 33.0 Å². The highest BCUT2D eigenvalue weighted by molar-refractivity contribution is 5.75. The molecular weight excluding hydrogens is 419 g/mol. The fraction of sp³-hybridized carbons (Fsp3) is 0.455. The van der Waals surface area contributed by atoms with E-state index in [2.05, 4.69) is 67.5 Å². The Hall–Kier alpha value is -3.01. The summed E-state index contributed by atoms with van der Waals surface area (Å²) in [6, 6.07) is 8.92. The predicted octanol–water partition coefficient (Wildman–Crippen LogP) is 3.80. The Balaban J connectivity index is 1.45. The molecular formula is C22H26F3N7. The standard InChI is InChI=1S/C22H26F3N7/c1-15(2)11-16-3-6-19(21-27-29-30-28-21)20(12-16)32-9-7-31(8-10-32)14-18-5-4-17(13-26-18)22(23,24)25/h3-6,12-13,15H,7-11,14H2,1-2H3,(H,27,28,29,30). The molecule has 2 aromatic heterocycles. The molecule has 0 unspecified atom stereocenters. The first-order valence-corrected chi connectivity index (χ1v) is 10.7. The van der Waals surface area contributed by atoms with Gasteiger partial charge in [-0.3, -0.25) is 9.88 Å². The SMILES string of the molecule is CC(C)Cc1ccc(-c2nn[nH]n2)c(N2CCN(Cc3ccc(C(F)(F)F)cn3)CC2)c1. The van der Waals surface area contributed by atoms with Gasteiger partial charge in [-0.1, -0.05) is 19.9 Å². The fourth-order valence-corrected chi connectivity index (χ4v) is 3.96. The number of nitrogens with one attached hydrogen (secondary N) is 1. The second-order valence-corrected chi connectivity index (χ2v) is 8.48. The number of benzene rings is 1. The maximum atomic E-state index is 12.7. The van der Waals surface area contributed by atoms with Gasteiger partial charge in [0.25, 0.3) is 0 Å². The summed E-state index contributed by atoms with van der Waals surface area (Å²) in [5, 5.41) is 14.5. The normalized spacial score (nSPS) is 15.5. The maximum Gasteiger partial charge on any atom is 0.417 e. The molecule has 0 saturated carbocycles. The molecule has 1 N–H and O–H groups in total. The van der Waals surface area contributed by atoms with Gasteiger partial charge in [0.15, 0.2) is 0 Å². The number of nitrogens with zero attached hydrogens (tertiary/aromatic N) is 6. The van der Waals surface area contributed by atoms with Crippen molar-refractivity contribution in [1.29, 1.82) is 0 Å². The summed E-state index contributed by atoms with van der Waals surface area (Å²) < 4.78 is 38.2. The lowest BCUT2D eigenvalue weighted by Crippen LogP contribution is -2.46. The number of piperazine rings is 1. The zero-order valence-corrected chi connectivity index (χ0v) is 18.1. The largest absolute Gasteiger partial charge is 0.417 e. The number of H-pyrrole nitrogens is 1. The zero-order chi connectivity index (χ0) is 22.7. The van der Waals surface area contributed by atoms with Crippen LogP contribution in [0.1, 0.15) is 30.7 Å². The molecule has 1 saturated heterocycles. The monoisotopic (exact) mass is 445 g/mol. The zero-order valence-electron chi connectivity index (χ0n) is 18.1. The highest BCUT2D eigenvalue weighted by Gasteiger charge is 2.30. The maximum absolute atomic E-state index is 12.7. The Morgan fingerprint density at radius 3 is 2.44 bits per heavy atom. The summed E-state index contributed by atoms with van der Waals surface area (Å²) >= 11 is 0. The van der Waals surface area contributed by atoms with E-state index in [0.717, 1.165) is 56.1 Å². The molecule has 1 aliphatic heterocycles. The molecule has 0 spiro atoms. The first-order valence-electron chi connectivity index (χ1n) is 10.7. The number of pyridine rings is 1. The minimum Gasteiger partial charge on any atom is -0.368 e. The smallest absolute Gasteiger partial charge is 0.368 e. The highest BCUT2D eigenvalue weighted by atomic mass is 19.4. The summed E-state index contributed by atoms with van der Waals surface area (Å²) in [6.45, 7) is 8.05. The molecule has 1 aromatic carbocycles. The van der Waals surface area contributed by atoms with Crippen molar-refractivity contribution in [3.8, 4) is 11.4 Å². The average Bonchev–Trinajstić information content (AvgIpc) is 3.28. The number of hydrogen-bond donors (Lipinski definition) is 1. The van der Waals surface area contributed by atoms with Crippen LogP contribution in [-0.2, 0) is 19.1 Å². The number of rotatable bonds is 6. The van der Waals surface area contributed by atoms with E-state index in [1.807, 2.05) is 0 Å². The number of tetrazole rings is 1. The van der Waals surface area contributed by atoms with E-state index in [-0.39, 0.29) is 0 Å². The minimum atomic E-state index is -4.36. The molecule has 3 heterocycles. The van der Waals surface area contributed by atoms with Crippen LogP contribution >= 0.6 is 0 Å². The average molecular weight is 445 g/mol. The van der Waals surface area contributed by atoms with Gasteiger partial charge in [0, 0.05) is 50.2 Å². The first kappa shape index (κ1) is 22.2. The van der Waals surface area contributed by atoms with Gasteiger partial charge in [-0.25, -0.2) is 0 Å². The van der Waals surface area contributed by atoms with E-state index in [4.69, 9.17) is 0 Å². The third-order valence-corrected chi connectivity index (χ3v) is 5.54. The van der Waals surface area contributed by atoms with Crippen LogP contribution in [0.3, 0.4) is 0 Å². The Morgan fingerprint density at radius 2 is 1.84 bits per heavy atom. The number of aromatic nitrogens is 5. The van der Waals surface area contributed by atoms with E-state index in [1.54, 1.807) is 0 Å². The molecule has 1 fully saturated rings. The van der Waals surface area contributed by atoms with Crippen LogP contribution in [-0.4, -0.2) is 56.7 Å². The van der Waals surface area contributed by atoms with Crippen LogP contribution in [0.25, 0.3) is 11.4 Å². The van der Waals surface area contributed by atoms with E-state index >= 15 is 0 Å². The summed E-state index contributed by atoms with van der Waals surface area (Å²) in [5.74, 6) is 1.11. The number of alkyl halides is 3. The van der Waals surface area contributed by atoms with Crippen molar-refractivity contribution in [3.63, 3.8) is 0 Å². The van der Waals surface area contributed by atoms with E-state index < -0.39 is 11.7 Å². The molecule has 0 amide bonds. The van der Waals surface area contributed by atoms with Crippen LogP contribution in [0.5, 0.6) is 0 Å². The molecule has 3 aromatic rings. The minimum absolute atomic E-state index is 0.525. The van der Waals surface area contributed by atoms with Gasteiger partial charge < -0.3 is 4.90 Å². The van der Waals surface area contributed by atoms with Crippen molar-refractivity contribution in [2.75, 3.05) is 31.1 Å². The molecule has 0 radical (unpaired) electrons. The fourth-order valence-electron chi connectivity index (χ4n) is 3.96. The van der Waals surface area contributed by atoms with Gasteiger partial charge in [-0.05, 0) is 47.4 Å². The topological polar surface area (TPSA) is 73.8 Å². The van der Waals surface area contributed by atoms with Gasteiger partial charge in [0.2, 0.25) is 5.82 Å².